The smallest absolute Gasteiger partial charge is 0.163 e. The van der Waals surface area contributed by atoms with Crippen molar-refractivity contribution in [2.75, 3.05) is 13.2 Å². The van der Waals surface area contributed by atoms with Crippen LogP contribution in [0.5, 0.6) is 0 Å². The lowest BCUT2D eigenvalue weighted by molar-refractivity contribution is -0.351. The van der Waals surface area contributed by atoms with Crippen LogP contribution in [0, 0.1) is 50.2 Å². The summed E-state index contributed by atoms with van der Waals surface area (Å²) in [6, 6.07) is 0. The van der Waals surface area contributed by atoms with Crippen molar-refractivity contribution in [3.8, 4) is 0 Å². The van der Waals surface area contributed by atoms with E-state index < -0.39 is 11.9 Å². The van der Waals surface area contributed by atoms with Crippen molar-refractivity contribution in [2.45, 2.75) is 151 Å². The maximum absolute atomic E-state index is 10.1. The first-order chi connectivity index (χ1) is 18.4. The summed E-state index contributed by atoms with van der Waals surface area (Å²) >= 11 is 0. The van der Waals surface area contributed by atoms with Crippen LogP contribution in [0.25, 0.3) is 0 Å². The van der Waals surface area contributed by atoms with Crippen molar-refractivity contribution < 1.29 is 19.3 Å². The van der Waals surface area contributed by atoms with Gasteiger partial charge in [-0.2, -0.15) is 0 Å². The number of rotatable bonds is 3. The fourth-order valence-electron chi connectivity index (χ4n) is 12.0. The van der Waals surface area contributed by atoms with Crippen molar-refractivity contribution >= 4 is 0 Å². The Balaban J connectivity index is 1.35. The molecule has 0 spiro atoms. The quantitative estimate of drug-likeness (QED) is 0.355. The molecule has 0 radical (unpaired) electrons. The average Bonchev–Trinajstić information content (AvgIpc) is 2.84. The second kappa shape index (κ2) is 9.05. The summed E-state index contributed by atoms with van der Waals surface area (Å²) in [6.07, 6.45) is 14.0. The minimum atomic E-state index is -0.462. The van der Waals surface area contributed by atoms with Crippen LogP contribution in [-0.2, 0) is 14.2 Å². The zero-order valence-electron chi connectivity index (χ0n) is 27.5. The summed E-state index contributed by atoms with van der Waals surface area (Å²) in [5.41, 5.74) is 3.11. The molecule has 5 aliphatic carbocycles. The van der Waals surface area contributed by atoms with Gasteiger partial charge in [0.1, 0.15) is 0 Å². The first-order valence-electron chi connectivity index (χ1n) is 16.7. The van der Waals surface area contributed by atoms with Gasteiger partial charge in [0.2, 0.25) is 0 Å². The minimum Gasteiger partial charge on any atom is -0.391 e. The van der Waals surface area contributed by atoms with Gasteiger partial charge in [0.25, 0.3) is 0 Å². The third-order valence-corrected chi connectivity index (χ3v) is 14.5. The van der Waals surface area contributed by atoms with E-state index in [4.69, 9.17) is 14.2 Å². The van der Waals surface area contributed by atoms with Crippen molar-refractivity contribution in [3.63, 3.8) is 0 Å². The van der Waals surface area contributed by atoms with E-state index in [2.05, 4.69) is 68.4 Å². The third kappa shape index (κ3) is 4.04. The molecular formula is C36H60O4. The number of aliphatic hydroxyl groups excluding tert-OH is 1. The highest BCUT2D eigenvalue weighted by Gasteiger charge is 2.70. The van der Waals surface area contributed by atoms with Crippen molar-refractivity contribution in [2.24, 2.45) is 50.2 Å². The molecule has 1 aliphatic heterocycles. The lowest BCUT2D eigenvalue weighted by Crippen LogP contribution is -2.68. The Labute approximate surface area is 245 Å². The molecule has 3 unspecified atom stereocenters. The van der Waals surface area contributed by atoms with E-state index in [9.17, 15) is 5.11 Å². The second-order valence-corrected chi connectivity index (χ2v) is 17.9. The first-order valence-corrected chi connectivity index (χ1v) is 16.7. The Kier molecular flexibility index (Phi) is 6.71. The van der Waals surface area contributed by atoms with Gasteiger partial charge in [-0.25, -0.2) is 0 Å². The standard InChI is InChI=1S/C36H60O4/c1-23(37)21-38-29-20-30(2,3)19-25-24-11-12-27-33(7)15-14-28-34(8,22-39-31(4,5)40-28)26(33)13-16-36(27,10)35(24,9)18-17-32(25,29)6/h11,23,25-29,37H,12-22H2,1-10H3/t23?,25-,26?,27?,28-,29+,32+,33-,34+,35+,36+/m0/s1. The van der Waals surface area contributed by atoms with Crippen LogP contribution in [0.15, 0.2) is 11.6 Å². The van der Waals surface area contributed by atoms with Gasteiger partial charge in [0, 0.05) is 10.8 Å². The molecular weight excluding hydrogens is 496 g/mol. The van der Waals surface area contributed by atoms with E-state index in [0.717, 1.165) is 19.4 Å². The van der Waals surface area contributed by atoms with Crippen LogP contribution < -0.4 is 0 Å². The summed E-state index contributed by atoms with van der Waals surface area (Å²) in [7, 11) is 0. The Morgan fingerprint density at radius 1 is 0.875 bits per heavy atom. The highest BCUT2D eigenvalue weighted by molar-refractivity contribution is 5.34. The van der Waals surface area contributed by atoms with Gasteiger partial charge in [-0.3, -0.25) is 0 Å². The molecule has 40 heavy (non-hydrogen) atoms. The van der Waals surface area contributed by atoms with Gasteiger partial charge in [-0.05, 0) is 118 Å². The maximum atomic E-state index is 10.1. The predicted molar refractivity (Wildman–Crippen MR) is 161 cm³/mol. The normalized spacial score (nSPS) is 53.6. The molecule has 1 heterocycles. The lowest BCUT2D eigenvalue weighted by Gasteiger charge is -2.72. The van der Waals surface area contributed by atoms with E-state index in [1.165, 1.54) is 44.9 Å². The summed E-state index contributed by atoms with van der Waals surface area (Å²) in [5, 5.41) is 10.1. The maximum Gasteiger partial charge on any atom is 0.163 e. The van der Waals surface area contributed by atoms with Crippen molar-refractivity contribution in [3.05, 3.63) is 11.6 Å². The Bertz CT molecular complexity index is 1050. The molecule has 11 atom stereocenters. The number of ether oxygens (including phenoxy) is 3. The zero-order valence-corrected chi connectivity index (χ0v) is 27.5. The van der Waals surface area contributed by atoms with Crippen LogP contribution in [0.2, 0.25) is 0 Å². The lowest BCUT2D eigenvalue weighted by atomic mass is 9.33. The molecule has 0 amide bonds. The second-order valence-electron chi connectivity index (χ2n) is 17.9. The Morgan fingerprint density at radius 3 is 2.30 bits per heavy atom. The van der Waals surface area contributed by atoms with Crippen LogP contribution >= 0.6 is 0 Å². The summed E-state index contributed by atoms with van der Waals surface area (Å²) in [4.78, 5) is 0. The molecule has 0 bridgehead atoms. The molecule has 4 saturated carbocycles. The van der Waals surface area contributed by atoms with Crippen LogP contribution in [-0.4, -0.2) is 42.4 Å². The Hall–Kier alpha value is -0.420. The monoisotopic (exact) mass is 556 g/mol. The Morgan fingerprint density at radius 2 is 1.60 bits per heavy atom. The van der Waals surface area contributed by atoms with Gasteiger partial charge in [0.15, 0.2) is 5.79 Å². The van der Waals surface area contributed by atoms with E-state index in [1.807, 2.05) is 6.92 Å². The van der Waals surface area contributed by atoms with Crippen LogP contribution in [0.3, 0.4) is 0 Å². The summed E-state index contributed by atoms with van der Waals surface area (Å²) in [6.45, 7) is 25.3. The number of hydrogen-bond donors (Lipinski definition) is 1. The number of fused-ring (bicyclic) bond motifs is 9. The van der Waals surface area contributed by atoms with Crippen LogP contribution in [0.4, 0.5) is 0 Å². The molecule has 4 heteroatoms. The highest BCUT2D eigenvalue weighted by atomic mass is 16.7. The molecule has 0 aromatic rings. The molecule has 228 valence electrons. The summed E-state index contributed by atoms with van der Waals surface area (Å²) < 4.78 is 19.5. The molecule has 6 aliphatic rings. The molecule has 0 aromatic heterocycles. The SMILES string of the molecule is CC(O)CO[C@@H]1CC(C)(C)C[C@H]2C3=CCC4[C@@]5(C)CC[C@@H]6OC(C)(C)OC[C@]6(C)C5CC[C@@]4(C)[C@]3(C)CC[C@@]12C. The number of aliphatic hydroxyl groups is 1. The molecule has 4 nitrogen and oxygen atoms in total. The number of allylic oxidation sites excluding steroid dienone is 2. The summed E-state index contributed by atoms with van der Waals surface area (Å²) in [5.74, 6) is 1.44. The molecule has 1 saturated heterocycles. The average molecular weight is 557 g/mol. The number of hydrogen-bond acceptors (Lipinski definition) is 4. The predicted octanol–water partition coefficient (Wildman–Crippen LogP) is 8.32. The van der Waals surface area contributed by atoms with E-state index in [1.54, 1.807) is 5.57 Å². The zero-order chi connectivity index (χ0) is 29.1. The van der Waals surface area contributed by atoms with Gasteiger partial charge < -0.3 is 19.3 Å². The van der Waals surface area contributed by atoms with Gasteiger partial charge in [0.05, 0.1) is 31.5 Å². The molecule has 6 rings (SSSR count). The molecule has 5 fully saturated rings. The van der Waals surface area contributed by atoms with Gasteiger partial charge in [-0.1, -0.05) is 60.1 Å². The van der Waals surface area contributed by atoms with E-state index in [-0.39, 0.29) is 27.8 Å². The third-order valence-electron chi connectivity index (χ3n) is 14.5. The topological polar surface area (TPSA) is 47.9 Å². The van der Waals surface area contributed by atoms with E-state index >= 15 is 0 Å². The van der Waals surface area contributed by atoms with E-state index in [0.29, 0.717) is 41.3 Å². The van der Waals surface area contributed by atoms with Crippen molar-refractivity contribution in [1.82, 2.24) is 0 Å². The first kappa shape index (κ1) is 29.6. The van der Waals surface area contributed by atoms with Crippen LogP contribution in [0.1, 0.15) is 127 Å². The van der Waals surface area contributed by atoms with Gasteiger partial charge >= 0.3 is 0 Å². The molecule has 0 aromatic carbocycles. The molecule has 1 N–H and O–H groups in total. The fraction of sp³-hybridized carbons (Fsp3) is 0.944. The van der Waals surface area contributed by atoms with Gasteiger partial charge in [-0.15, -0.1) is 0 Å². The fourth-order valence-corrected chi connectivity index (χ4v) is 12.0. The largest absolute Gasteiger partial charge is 0.391 e. The van der Waals surface area contributed by atoms with Crippen molar-refractivity contribution in [1.29, 1.82) is 0 Å². The minimum absolute atomic E-state index is 0.0989. The highest BCUT2D eigenvalue weighted by Crippen LogP contribution is 2.76.